The van der Waals surface area contributed by atoms with Gasteiger partial charge >= 0.3 is 0 Å². The van der Waals surface area contributed by atoms with E-state index in [1.54, 1.807) is 30.5 Å². The number of anilines is 1. The van der Waals surface area contributed by atoms with Gasteiger partial charge in [-0.1, -0.05) is 41.9 Å². The molecule has 1 aliphatic heterocycles. The number of amides is 1. The maximum Gasteiger partial charge on any atom is 0.271 e. The van der Waals surface area contributed by atoms with Gasteiger partial charge in [0, 0.05) is 12.4 Å². The van der Waals surface area contributed by atoms with Gasteiger partial charge in [0.05, 0.1) is 21.3 Å². The maximum absolute atomic E-state index is 13.5. The van der Waals surface area contributed by atoms with Crippen molar-refractivity contribution in [1.82, 2.24) is 4.98 Å². The van der Waals surface area contributed by atoms with Gasteiger partial charge in [0.2, 0.25) is 0 Å². The SMILES string of the molecule is O=C1/C(=C/c2cccc(F)c2)SC(=Nc2ccncc2Cl)N1c1ccccc1. The predicted octanol–water partition coefficient (Wildman–Crippen LogP) is 5.68. The van der Waals surface area contributed by atoms with Crippen LogP contribution in [0.2, 0.25) is 5.02 Å². The van der Waals surface area contributed by atoms with Crippen molar-refractivity contribution in [1.29, 1.82) is 0 Å². The number of benzene rings is 2. The fourth-order valence-electron chi connectivity index (χ4n) is 2.66. The summed E-state index contributed by atoms with van der Waals surface area (Å²) in [5, 5.41) is 0.852. The molecule has 0 N–H and O–H groups in total. The molecule has 1 aromatic heterocycles. The average Bonchev–Trinajstić information content (AvgIpc) is 2.99. The summed E-state index contributed by atoms with van der Waals surface area (Å²) in [6.07, 6.45) is 4.74. The molecule has 4 rings (SSSR count). The highest BCUT2D eigenvalue weighted by Gasteiger charge is 2.34. The van der Waals surface area contributed by atoms with Gasteiger partial charge in [-0.25, -0.2) is 9.38 Å². The number of aliphatic imine (C=N–C) groups is 1. The number of aromatic nitrogens is 1. The fourth-order valence-corrected chi connectivity index (χ4v) is 3.82. The van der Waals surface area contributed by atoms with Crippen LogP contribution in [0.4, 0.5) is 15.8 Å². The number of rotatable bonds is 3. The number of hydrogen-bond acceptors (Lipinski definition) is 4. The van der Waals surface area contributed by atoms with Crippen LogP contribution in [0.3, 0.4) is 0 Å². The summed E-state index contributed by atoms with van der Waals surface area (Å²) in [5.41, 5.74) is 1.80. The molecule has 2 aromatic carbocycles. The minimum Gasteiger partial charge on any atom is -0.268 e. The van der Waals surface area contributed by atoms with Crippen molar-refractivity contribution < 1.29 is 9.18 Å². The van der Waals surface area contributed by atoms with E-state index in [0.29, 0.717) is 32.0 Å². The van der Waals surface area contributed by atoms with Crippen LogP contribution in [-0.4, -0.2) is 16.1 Å². The second-order valence-electron chi connectivity index (χ2n) is 5.86. The summed E-state index contributed by atoms with van der Waals surface area (Å²) < 4.78 is 13.5. The third kappa shape index (κ3) is 3.83. The first kappa shape index (κ1) is 18.4. The zero-order valence-corrected chi connectivity index (χ0v) is 16.0. The van der Waals surface area contributed by atoms with Crippen LogP contribution in [0.15, 0.2) is 83.0 Å². The zero-order valence-electron chi connectivity index (χ0n) is 14.4. The van der Waals surface area contributed by atoms with E-state index in [2.05, 4.69) is 9.98 Å². The maximum atomic E-state index is 13.5. The molecule has 0 saturated carbocycles. The molecule has 0 spiro atoms. The van der Waals surface area contributed by atoms with Crippen molar-refractivity contribution >= 4 is 51.9 Å². The Morgan fingerprint density at radius 1 is 1.11 bits per heavy atom. The number of carbonyl (C=O) groups is 1. The Labute approximate surface area is 170 Å². The first-order chi connectivity index (χ1) is 13.6. The zero-order chi connectivity index (χ0) is 19.5. The van der Waals surface area contributed by atoms with Gasteiger partial charge < -0.3 is 0 Å². The molecule has 4 nitrogen and oxygen atoms in total. The van der Waals surface area contributed by atoms with Gasteiger partial charge in [-0.05, 0) is 53.7 Å². The van der Waals surface area contributed by atoms with Crippen LogP contribution in [0.5, 0.6) is 0 Å². The number of carbonyl (C=O) groups excluding carboxylic acids is 1. The van der Waals surface area contributed by atoms with E-state index in [1.807, 2.05) is 30.3 Å². The number of hydrogen-bond donors (Lipinski definition) is 0. The van der Waals surface area contributed by atoms with Gasteiger partial charge in [0.25, 0.3) is 5.91 Å². The first-order valence-electron chi connectivity index (χ1n) is 8.34. The lowest BCUT2D eigenvalue weighted by atomic mass is 10.2. The van der Waals surface area contributed by atoms with Gasteiger partial charge in [-0.3, -0.25) is 14.7 Å². The number of amidine groups is 1. The molecule has 3 aromatic rings. The van der Waals surface area contributed by atoms with Crippen molar-refractivity contribution in [2.75, 3.05) is 4.90 Å². The third-order valence-electron chi connectivity index (χ3n) is 3.93. The highest BCUT2D eigenvalue weighted by atomic mass is 35.5. The Kier molecular flexibility index (Phi) is 5.23. The van der Waals surface area contributed by atoms with Crippen LogP contribution in [0, 0.1) is 5.82 Å². The lowest BCUT2D eigenvalue weighted by Crippen LogP contribution is -2.28. The largest absolute Gasteiger partial charge is 0.271 e. The van der Waals surface area contributed by atoms with E-state index in [-0.39, 0.29) is 11.7 Å². The summed E-state index contributed by atoms with van der Waals surface area (Å²) in [7, 11) is 0. The second kappa shape index (κ2) is 7.96. The number of pyridine rings is 1. The van der Waals surface area contributed by atoms with Crippen LogP contribution >= 0.6 is 23.4 Å². The van der Waals surface area contributed by atoms with E-state index in [4.69, 9.17) is 11.6 Å². The van der Waals surface area contributed by atoms with Crippen LogP contribution in [0.1, 0.15) is 5.56 Å². The number of para-hydroxylation sites is 1. The summed E-state index contributed by atoms with van der Waals surface area (Å²) in [6, 6.07) is 17.0. The Bertz CT molecular complexity index is 1100. The van der Waals surface area contributed by atoms with Crippen molar-refractivity contribution in [3.8, 4) is 0 Å². The quantitative estimate of drug-likeness (QED) is 0.522. The van der Waals surface area contributed by atoms with E-state index >= 15 is 0 Å². The molecule has 28 heavy (non-hydrogen) atoms. The molecule has 7 heteroatoms. The predicted molar refractivity (Wildman–Crippen MR) is 112 cm³/mol. The third-order valence-corrected chi connectivity index (χ3v) is 5.19. The molecular weight excluding hydrogens is 397 g/mol. The standard InChI is InChI=1S/C21H13ClFN3OS/c22-17-13-24-10-9-18(17)25-21-26(16-7-2-1-3-8-16)20(27)19(28-21)12-14-5-4-6-15(23)11-14/h1-13H/b19-12-,25-21?. The molecule has 2 heterocycles. The second-order valence-corrected chi connectivity index (χ2v) is 7.28. The molecule has 0 bridgehead atoms. The Balaban J connectivity index is 1.79. The highest BCUT2D eigenvalue weighted by Crippen LogP contribution is 2.38. The minimum absolute atomic E-state index is 0.232. The van der Waals surface area contributed by atoms with Crippen LogP contribution in [-0.2, 0) is 4.79 Å². The monoisotopic (exact) mass is 409 g/mol. The van der Waals surface area contributed by atoms with E-state index in [1.165, 1.54) is 35.0 Å². The molecule has 0 atom stereocenters. The molecule has 1 saturated heterocycles. The Morgan fingerprint density at radius 2 is 1.93 bits per heavy atom. The lowest BCUT2D eigenvalue weighted by Gasteiger charge is -2.15. The van der Waals surface area contributed by atoms with E-state index in [0.717, 1.165) is 0 Å². The number of nitrogens with zero attached hydrogens (tertiary/aromatic N) is 3. The summed E-state index contributed by atoms with van der Waals surface area (Å²) in [6.45, 7) is 0. The minimum atomic E-state index is -0.359. The van der Waals surface area contributed by atoms with Crippen LogP contribution in [0.25, 0.3) is 6.08 Å². The van der Waals surface area contributed by atoms with Crippen molar-refractivity contribution in [3.05, 3.63) is 94.4 Å². The molecule has 0 radical (unpaired) electrons. The fraction of sp³-hybridized carbons (Fsp3) is 0. The Hall–Kier alpha value is -2.96. The Morgan fingerprint density at radius 3 is 2.68 bits per heavy atom. The smallest absolute Gasteiger partial charge is 0.268 e. The van der Waals surface area contributed by atoms with Gasteiger partial charge in [0.15, 0.2) is 5.17 Å². The number of halogens is 2. The average molecular weight is 410 g/mol. The lowest BCUT2D eigenvalue weighted by molar-refractivity contribution is -0.113. The molecule has 0 unspecified atom stereocenters. The topological polar surface area (TPSA) is 45.6 Å². The van der Waals surface area contributed by atoms with Gasteiger partial charge in [-0.15, -0.1) is 0 Å². The van der Waals surface area contributed by atoms with Crippen molar-refractivity contribution in [2.24, 2.45) is 4.99 Å². The summed E-state index contributed by atoms with van der Waals surface area (Å²) in [4.78, 5) is 23.6. The van der Waals surface area contributed by atoms with E-state index < -0.39 is 0 Å². The van der Waals surface area contributed by atoms with Gasteiger partial charge in [0.1, 0.15) is 5.82 Å². The number of thioether (sulfide) groups is 1. The molecular formula is C21H13ClFN3OS. The van der Waals surface area contributed by atoms with Crippen molar-refractivity contribution in [2.45, 2.75) is 0 Å². The molecule has 1 fully saturated rings. The highest BCUT2D eigenvalue weighted by molar-refractivity contribution is 8.19. The van der Waals surface area contributed by atoms with Crippen molar-refractivity contribution in [3.63, 3.8) is 0 Å². The summed E-state index contributed by atoms with van der Waals surface area (Å²) in [5.74, 6) is -0.591. The molecule has 1 amide bonds. The molecule has 138 valence electrons. The molecule has 1 aliphatic rings. The first-order valence-corrected chi connectivity index (χ1v) is 9.54. The van der Waals surface area contributed by atoms with E-state index in [9.17, 15) is 9.18 Å². The molecule has 0 aliphatic carbocycles. The van der Waals surface area contributed by atoms with Gasteiger partial charge in [-0.2, -0.15) is 0 Å². The van der Waals surface area contributed by atoms with Crippen LogP contribution < -0.4 is 4.90 Å². The normalized spacial score (nSPS) is 16.9. The summed E-state index contributed by atoms with van der Waals surface area (Å²) >= 11 is 7.39.